The van der Waals surface area contributed by atoms with Crippen molar-refractivity contribution in [2.45, 2.75) is 6.92 Å². The predicted molar refractivity (Wildman–Crippen MR) is 55.5 cm³/mol. The van der Waals surface area contributed by atoms with E-state index in [4.69, 9.17) is 11.8 Å². The smallest absolute Gasteiger partial charge is 0.0187 e. The summed E-state index contributed by atoms with van der Waals surface area (Å²) in [5.41, 5.74) is 1.27. The Morgan fingerprint density at radius 3 is 2.20 bits per heavy atom. The molecule has 0 aromatic heterocycles. The molecular formula is C7H9PS2. The van der Waals surface area contributed by atoms with Gasteiger partial charge < -0.3 is 0 Å². The quantitative estimate of drug-likeness (QED) is 0.520. The summed E-state index contributed by atoms with van der Waals surface area (Å²) in [6, 6.07) is 8.26. The fourth-order valence-electron chi connectivity index (χ4n) is 0.696. The van der Waals surface area contributed by atoms with E-state index >= 15 is 0 Å². The number of aryl methyl sites for hydroxylation is 1. The van der Waals surface area contributed by atoms with Crippen molar-refractivity contribution in [2.24, 2.45) is 0 Å². The third kappa shape index (κ3) is 2.12. The Labute approximate surface area is 72.2 Å². The first-order valence-corrected chi connectivity index (χ1v) is 6.92. The van der Waals surface area contributed by atoms with Crippen molar-refractivity contribution >= 4 is 35.3 Å². The maximum atomic E-state index is 5.05. The van der Waals surface area contributed by atoms with Crippen molar-refractivity contribution in [2.75, 3.05) is 0 Å². The van der Waals surface area contributed by atoms with E-state index in [2.05, 4.69) is 43.4 Å². The van der Waals surface area contributed by atoms with E-state index in [1.807, 2.05) is 0 Å². The van der Waals surface area contributed by atoms with Crippen molar-refractivity contribution < 1.29 is 0 Å². The zero-order chi connectivity index (χ0) is 7.56. The Balaban J connectivity index is 3.00. The average molecular weight is 188 g/mol. The van der Waals surface area contributed by atoms with Crippen LogP contribution in [-0.2, 0) is 11.8 Å². The van der Waals surface area contributed by atoms with Gasteiger partial charge in [-0.2, -0.15) is 0 Å². The minimum absolute atomic E-state index is 0.951. The molecule has 1 atom stereocenters. The Morgan fingerprint density at radius 2 is 1.80 bits per heavy atom. The van der Waals surface area contributed by atoms with Gasteiger partial charge in [0.25, 0.3) is 0 Å². The zero-order valence-corrected chi connectivity index (χ0v) is 8.38. The standard InChI is InChI=1S/C7H9PS2/c1-6-2-4-7(5-3-6)8(9)10/h2-5,8H,1H3,(H,9,10). The first kappa shape index (κ1) is 8.32. The Kier molecular flexibility index (Phi) is 2.96. The molecular weight excluding hydrogens is 179 g/mol. The van der Waals surface area contributed by atoms with Gasteiger partial charge in [0, 0.05) is 5.90 Å². The van der Waals surface area contributed by atoms with E-state index in [9.17, 15) is 0 Å². The van der Waals surface area contributed by atoms with Gasteiger partial charge in [-0.05, 0) is 12.2 Å². The average Bonchev–Trinajstić information content (AvgIpc) is 1.88. The van der Waals surface area contributed by atoms with Crippen LogP contribution in [0, 0.1) is 6.92 Å². The second-order valence-electron chi connectivity index (χ2n) is 2.17. The molecule has 0 amide bonds. The van der Waals surface area contributed by atoms with Crippen LogP contribution in [0.2, 0.25) is 0 Å². The van der Waals surface area contributed by atoms with Crippen LogP contribution in [0.25, 0.3) is 0 Å². The maximum absolute atomic E-state index is 5.05. The van der Waals surface area contributed by atoms with Gasteiger partial charge in [-0.1, -0.05) is 41.6 Å². The van der Waals surface area contributed by atoms with Gasteiger partial charge in [0.15, 0.2) is 0 Å². The van der Waals surface area contributed by atoms with Gasteiger partial charge in [0.1, 0.15) is 0 Å². The summed E-state index contributed by atoms with van der Waals surface area (Å²) < 4.78 is 0. The van der Waals surface area contributed by atoms with Gasteiger partial charge in [-0.25, -0.2) is 0 Å². The highest BCUT2D eigenvalue weighted by Crippen LogP contribution is 2.24. The lowest BCUT2D eigenvalue weighted by Crippen LogP contribution is -1.90. The minimum Gasteiger partial charge on any atom is -0.140 e. The normalized spacial score (nSPS) is 13.0. The second kappa shape index (κ2) is 3.56. The van der Waals surface area contributed by atoms with Gasteiger partial charge >= 0.3 is 0 Å². The Morgan fingerprint density at radius 1 is 1.30 bits per heavy atom. The summed E-state index contributed by atoms with van der Waals surface area (Å²) in [5, 5.41) is 1.20. The molecule has 1 aromatic carbocycles. The first-order valence-electron chi connectivity index (χ1n) is 3.00. The van der Waals surface area contributed by atoms with E-state index in [1.165, 1.54) is 10.9 Å². The molecule has 0 aliphatic heterocycles. The van der Waals surface area contributed by atoms with E-state index in [-0.39, 0.29) is 0 Å². The number of hydrogen-bond donors (Lipinski definition) is 1. The summed E-state index contributed by atoms with van der Waals surface area (Å²) in [7, 11) is 0. The van der Waals surface area contributed by atoms with Crippen LogP contribution in [0.15, 0.2) is 24.3 Å². The summed E-state index contributed by atoms with van der Waals surface area (Å²) >= 11 is 9.29. The lowest BCUT2D eigenvalue weighted by molar-refractivity contribution is 1.49. The number of rotatable bonds is 1. The van der Waals surface area contributed by atoms with Crippen LogP contribution in [0.3, 0.4) is 0 Å². The Hall–Kier alpha value is 0.220. The van der Waals surface area contributed by atoms with Crippen LogP contribution < -0.4 is 5.30 Å². The van der Waals surface area contributed by atoms with Crippen molar-refractivity contribution in [3.8, 4) is 0 Å². The monoisotopic (exact) mass is 188 g/mol. The van der Waals surface area contributed by atoms with Crippen LogP contribution >= 0.6 is 18.1 Å². The second-order valence-corrected chi connectivity index (χ2v) is 6.83. The van der Waals surface area contributed by atoms with Crippen molar-refractivity contribution in [1.29, 1.82) is 0 Å². The third-order valence-corrected chi connectivity index (χ3v) is 3.61. The molecule has 0 heterocycles. The van der Waals surface area contributed by atoms with Crippen LogP contribution in [0.4, 0.5) is 0 Å². The lowest BCUT2D eigenvalue weighted by atomic mass is 10.2. The third-order valence-electron chi connectivity index (χ3n) is 1.30. The highest BCUT2D eigenvalue weighted by atomic mass is 32.9. The van der Waals surface area contributed by atoms with Crippen molar-refractivity contribution in [1.82, 2.24) is 0 Å². The van der Waals surface area contributed by atoms with E-state index in [0.29, 0.717) is 0 Å². The zero-order valence-electron chi connectivity index (χ0n) is 5.66. The molecule has 0 N–H and O–H groups in total. The molecule has 1 aromatic rings. The summed E-state index contributed by atoms with van der Waals surface area (Å²) in [5.74, 6) is -0.951. The van der Waals surface area contributed by atoms with Gasteiger partial charge in [-0.15, -0.1) is 12.2 Å². The highest BCUT2D eigenvalue weighted by Gasteiger charge is 1.90. The molecule has 54 valence electrons. The summed E-state index contributed by atoms with van der Waals surface area (Å²) in [6.07, 6.45) is 0. The fourth-order valence-corrected chi connectivity index (χ4v) is 2.00. The van der Waals surface area contributed by atoms with Crippen molar-refractivity contribution in [3.63, 3.8) is 0 Å². The SMILES string of the molecule is Cc1ccc([PH](=S)S)cc1. The first-order chi connectivity index (χ1) is 4.70. The maximum Gasteiger partial charge on any atom is 0.0187 e. The molecule has 0 radical (unpaired) electrons. The molecule has 0 fully saturated rings. The van der Waals surface area contributed by atoms with Gasteiger partial charge in [0.05, 0.1) is 0 Å². The van der Waals surface area contributed by atoms with Crippen LogP contribution in [0.5, 0.6) is 0 Å². The Bertz CT molecular complexity index is 240. The number of hydrogen-bond acceptors (Lipinski definition) is 1. The predicted octanol–water partition coefficient (Wildman–Crippen LogP) is 2.14. The summed E-state index contributed by atoms with van der Waals surface area (Å²) in [4.78, 5) is 0. The van der Waals surface area contributed by atoms with E-state index in [0.717, 1.165) is 0 Å². The van der Waals surface area contributed by atoms with Gasteiger partial charge in [-0.3, -0.25) is 0 Å². The lowest BCUT2D eigenvalue weighted by Gasteiger charge is -1.96. The fraction of sp³-hybridized carbons (Fsp3) is 0.143. The molecule has 0 aliphatic carbocycles. The molecule has 1 rings (SSSR count). The molecule has 3 heteroatoms. The van der Waals surface area contributed by atoms with Gasteiger partial charge in [0.2, 0.25) is 0 Å². The number of benzene rings is 1. The topological polar surface area (TPSA) is 0 Å². The van der Waals surface area contributed by atoms with Crippen molar-refractivity contribution in [3.05, 3.63) is 29.8 Å². The molecule has 0 nitrogen and oxygen atoms in total. The van der Waals surface area contributed by atoms with Crippen LogP contribution in [-0.4, -0.2) is 0 Å². The molecule has 1 unspecified atom stereocenters. The largest absolute Gasteiger partial charge is 0.140 e. The number of thiol groups is 1. The summed E-state index contributed by atoms with van der Waals surface area (Å²) in [6.45, 7) is 2.07. The minimum atomic E-state index is -0.951. The van der Waals surface area contributed by atoms with E-state index < -0.39 is 5.90 Å². The highest BCUT2D eigenvalue weighted by molar-refractivity contribution is 8.58. The molecule has 10 heavy (non-hydrogen) atoms. The molecule has 0 spiro atoms. The van der Waals surface area contributed by atoms with Crippen LogP contribution in [0.1, 0.15) is 5.56 Å². The molecule has 0 saturated heterocycles. The molecule has 0 saturated carbocycles. The molecule has 0 bridgehead atoms. The van der Waals surface area contributed by atoms with E-state index in [1.54, 1.807) is 0 Å². The molecule has 0 aliphatic rings.